The van der Waals surface area contributed by atoms with Gasteiger partial charge in [-0.3, -0.25) is 5.32 Å². The van der Waals surface area contributed by atoms with Crippen LogP contribution >= 0.6 is 11.6 Å². The van der Waals surface area contributed by atoms with Gasteiger partial charge in [0.15, 0.2) is 0 Å². The van der Waals surface area contributed by atoms with Gasteiger partial charge in [-0.15, -0.1) is 0 Å². The zero-order chi connectivity index (χ0) is 13.3. The van der Waals surface area contributed by atoms with Gasteiger partial charge >= 0.3 is 0 Å². The molecule has 0 spiro atoms. The summed E-state index contributed by atoms with van der Waals surface area (Å²) < 4.78 is 7.80. The molecule has 1 aromatic heterocycles. The number of ether oxygens (including phenoxy) is 1. The van der Waals surface area contributed by atoms with Gasteiger partial charge in [-0.05, 0) is 24.6 Å². The van der Waals surface area contributed by atoms with E-state index in [0.717, 1.165) is 10.6 Å². The predicted octanol–water partition coefficient (Wildman–Crippen LogP) is 1.79. The van der Waals surface area contributed by atoms with Crippen molar-refractivity contribution in [3.8, 4) is 0 Å². The van der Waals surface area contributed by atoms with E-state index in [4.69, 9.17) is 16.3 Å². The molecule has 2 aromatic rings. The number of aromatic nitrogens is 3. The Morgan fingerprint density at radius 2 is 2.26 bits per heavy atom. The van der Waals surface area contributed by atoms with Crippen LogP contribution in [0.15, 0.2) is 36.9 Å². The van der Waals surface area contributed by atoms with Crippen LogP contribution in [0.25, 0.3) is 0 Å². The van der Waals surface area contributed by atoms with Gasteiger partial charge in [0.25, 0.3) is 0 Å². The highest BCUT2D eigenvalue weighted by Gasteiger charge is 2.44. The molecule has 2 heterocycles. The van der Waals surface area contributed by atoms with E-state index in [0.29, 0.717) is 13.3 Å². The molecule has 2 atom stereocenters. The van der Waals surface area contributed by atoms with Crippen LogP contribution in [0.2, 0.25) is 5.02 Å². The van der Waals surface area contributed by atoms with Crippen LogP contribution in [0.5, 0.6) is 0 Å². The molecule has 0 saturated carbocycles. The quantitative estimate of drug-likeness (QED) is 0.930. The topological polar surface area (TPSA) is 52.0 Å². The van der Waals surface area contributed by atoms with Crippen molar-refractivity contribution >= 4 is 11.6 Å². The summed E-state index contributed by atoms with van der Waals surface area (Å²) in [6, 6.07) is 7.95. The van der Waals surface area contributed by atoms with Gasteiger partial charge in [-0.25, -0.2) is 9.67 Å². The number of hydrogen-bond acceptors (Lipinski definition) is 4. The van der Waals surface area contributed by atoms with Crippen LogP contribution in [-0.2, 0) is 16.9 Å². The number of nitrogens with one attached hydrogen (secondary N) is 1. The van der Waals surface area contributed by atoms with E-state index in [9.17, 15) is 0 Å². The number of halogens is 1. The Morgan fingerprint density at radius 3 is 2.84 bits per heavy atom. The van der Waals surface area contributed by atoms with Gasteiger partial charge in [0, 0.05) is 11.1 Å². The van der Waals surface area contributed by atoms with Crippen molar-refractivity contribution in [3.05, 3.63) is 47.5 Å². The van der Waals surface area contributed by atoms with Gasteiger partial charge in [0.1, 0.15) is 18.3 Å². The molecule has 1 aliphatic rings. The lowest BCUT2D eigenvalue weighted by molar-refractivity contribution is -0.0240. The molecule has 100 valence electrons. The zero-order valence-electron chi connectivity index (χ0n) is 10.6. The first-order chi connectivity index (χ1) is 9.21. The van der Waals surface area contributed by atoms with E-state index in [1.807, 2.05) is 24.3 Å². The van der Waals surface area contributed by atoms with E-state index in [-0.39, 0.29) is 6.04 Å². The smallest absolute Gasteiger partial charge is 0.137 e. The summed E-state index contributed by atoms with van der Waals surface area (Å²) in [7, 11) is 0. The molecule has 1 N–H and O–H groups in total. The summed E-state index contributed by atoms with van der Waals surface area (Å²) in [6.45, 7) is 3.25. The van der Waals surface area contributed by atoms with E-state index in [1.165, 1.54) is 6.33 Å². The summed E-state index contributed by atoms with van der Waals surface area (Å²) in [6.07, 6.45) is 3.23. The number of hydrogen-bond donors (Lipinski definition) is 1. The minimum atomic E-state index is -0.446. The van der Waals surface area contributed by atoms with Crippen LogP contribution in [0.1, 0.15) is 12.5 Å². The van der Waals surface area contributed by atoms with Crippen molar-refractivity contribution in [1.29, 1.82) is 0 Å². The number of benzene rings is 1. The maximum Gasteiger partial charge on any atom is 0.137 e. The molecule has 6 heteroatoms. The Balaban J connectivity index is 1.99. The SMILES string of the molecule is CC1NCOC1(Cn1cncn1)c1ccc(Cl)cc1. The molecule has 5 nitrogen and oxygen atoms in total. The van der Waals surface area contributed by atoms with Crippen LogP contribution < -0.4 is 5.32 Å². The molecule has 2 unspecified atom stereocenters. The zero-order valence-corrected chi connectivity index (χ0v) is 11.3. The molecule has 0 bridgehead atoms. The Kier molecular flexibility index (Phi) is 3.26. The molecule has 0 amide bonds. The molecular formula is C13H15ClN4O. The summed E-state index contributed by atoms with van der Waals surface area (Å²) in [5, 5.41) is 8.21. The third-order valence-electron chi connectivity index (χ3n) is 3.62. The average Bonchev–Trinajstić information content (AvgIpc) is 3.02. The van der Waals surface area contributed by atoms with Gasteiger partial charge in [0.05, 0.1) is 13.3 Å². The molecule has 19 heavy (non-hydrogen) atoms. The summed E-state index contributed by atoms with van der Waals surface area (Å²) in [4.78, 5) is 3.98. The highest BCUT2D eigenvalue weighted by molar-refractivity contribution is 6.30. The fourth-order valence-electron chi connectivity index (χ4n) is 2.48. The van der Waals surface area contributed by atoms with Crippen molar-refractivity contribution in [2.24, 2.45) is 0 Å². The summed E-state index contributed by atoms with van der Waals surface area (Å²) in [5.74, 6) is 0. The molecule has 0 aliphatic carbocycles. The monoisotopic (exact) mass is 278 g/mol. The molecule has 1 saturated heterocycles. The molecule has 3 rings (SSSR count). The highest BCUT2D eigenvalue weighted by atomic mass is 35.5. The normalized spacial score (nSPS) is 26.7. The molecular weight excluding hydrogens is 264 g/mol. The second kappa shape index (κ2) is 4.92. The Labute approximate surface area is 116 Å². The van der Waals surface area contributed by atoms with Crippen molar-refractivity contribution in [2.45, 2.75) is 25.1 Å². The highest BCUT2D eigenvalue weighted by Crippen LogP contribution is 2.35. The minimum Gasteiger partial charge on any atom is -0.352 e. The standard InChI is InChI=1S/C13H15ClN4O/c1-10-13(19-9-16-10,6-18-8-15-7-17-18)11-2-4-12(14)5-3-11/h2-5,7-8,10,16H,6,9H2,1H3. The van der Waals surface area contributed by atoms with E-state index >= 15 is 0 Å². The Hall–Kier alpha value is -1.43. The van der Waals surface area contributed by atoms with Crippen LogP contribution in [0, 0.1) is 0 Å². The lowest BCUT2D eigenvalue weighted by atomic mass is 9.87. The Bertz CT molecular complexity index is 542. The van der Waals surface area contributed by atoms with E-state index in [1.54, 1.807) is 11.0 Å². The summed E-state index contributed by atoms with van der Waals surface area (Å²) in [5.41, 5.74) is 0.642. The van der Waals surface area contributed by atoms with E-state index in [2.05, 4.69) is 22.3 Å². The first kappa shape index (κ1) is 12.6. The average molecular weight is 279 g/mol. The van der Waals surface area contributed by atoms with Gasteiger partial charge < -0.3 is 4.74 Å². The fourth-order valence-corrected chi connectivity index (χ4v) is 2.61. The molecule has 1 aliphatic heterocycles. The van der Waals surface area contributed by atoms with Gasteiger partial charge in [-0.1, -0.05) is 23.7 Å². The van der Waals surface area contributed by atoms with Crippen molar-refractivity contribution in [3.63, 3.8) is 0 Å². The van der Waals surface area contributed by atoms with Crippen LogP contribution in [-0.4, -0.2) is 27.5 Å². The Morgan fingerprint density at radius 1 is 1.47 bits per heavy atom. The number of rotatable bonds is 3. The predicted molar refractivity (Wildman–Crippen MR) is 71.7 cm³/mol. The molecule has 1 aromatic carbocycles. The first-order valence-corrected chi connectivity index (χ1v) is 6.54. The second-order valence-corrected chi connectivity index (χ2v) is 5.14. The molecule has 1 fully saturated rings. The van der Waals surface area contributed by atoms with Crippen LogP contribution in [0.4, 0.5) is 0 Å². The van der Waals surface area contributed by atoms with Crippen LogP contribution in [0.3, 0.4) is 0 Å². The maximum absolute atomic E-state index is 6.01. The second-order valence-electron chi connectivity index (χ2n) is 4.70. The van der Waals surface area contributed by atoms with Crippen molar-refractivity contribution in [2.75, 3.05) is 6.73 Å². The lowest BCUT2D eigenvalue weighted by Gasteiger charge is -2.32. The maximum atomic E-state index is 6.01. The van der Waals surface area contributed by atoms with Gasteiger partial charge in [-0.2, -0.15) is 5.10 Å². The fraction of sp³-hybridized carbons (Fsp3) is 0.385. The van der Waals surface area contributed by atoms with E-state index < -0.39 is 5.60 Å². The molecule has 0 radical (unpaired) electrons. The first-order valence-electron chi connectivity index (χ1n) is 6.16. The largest absolute Gasteiger partial charge is 0.352 e. The van der Waals surface area contributed by atoms with Crippen molar-refractivity contribution < 1.29 is 4.74 Å². The minimum absolute atomic E-state index is 0.179. The third kappa shape index (κ3) is 2.25. The van der Waals surface area contributed by atoms with Gasteiger partial charge in [0.2, 0.25) is 0 Å². The number of nitrogens with zero attached hydrogens (tertiary/aromatic N) is 3. The lowest BCUT2D eigenvalue weighted by Crippen LogP contribution is -2.42. The summed E-state index contributed by atoms with van der Waals surface area (Å²) >= 11 is 5.96. The third-order valence-corrected chi connectivity index (χ3v) is 3.87. The van der Waals surface area contributed by atoms with Crippen molar-refractivity contribution in [1.82, 2.24) is 20.1 Å².